The number of amides is 1. The van der Waals surface area contributed by atoms with Gasteiger partial charge in [-0.05, 0) is 60.9 Å². The average molecular weight is 424 g/mol. The van der Waals surface area contributed by atoms with Gasteiger partial charge < -0.3 is 9.47 Å². The Hall–Kier alpha value is -2.53. The van der Waals surface area contributed by atoms with Crippen molar-refractivity contribution < 1.29 is 32.3 Å². The van der Waals surface area contributed by atoms with Gasteiger partial charge >= 0.3 is 0 Å². The Kier molecular flexibility index (Phi) is 6.48. The molecule has 1 amide bonds. The lowest BCUT2D eigenvalue weighted by molar-refractivity contribution is -0.182. The van der Waals surface area contributed by atoms with Crippen molar-refractivity contribution in [3.05, 3.63) is 54.3 Å². The molecule has 2 aromatic rings. The van der Waals surface area contributed by atoms with Crippen LogP contribution in [0.15, 0.2) is 53.4 Å². The van der Waals surface area contributed by atoms with E-state index in [1.165, 1.54) is 48.5 Å². The van der Waals surface area contributed by atoms with Gasteiger partial charge in [0.05, 0.1) is 17.4 Å². The number of hydrogen-bond acceptors (Lipinski definition) is 6. The first-order chi connectivity index (χ1) is 13.7. The number of sulfonamides is 1. The molecule has 0 spiro atoms. The Morgan fingerprint density at radius 1 is 1.14 bits per heavy atom. The maximum absolute atomic E-state index is 12.9. The zero-order chi connectivity index (χ0) is 21.0. The van der Waals surface area contributed by atoms with Crippen LogP contribution >= 0.6 is 0 Å². The first-order valence-corrected chi connectivity index (χ1v) is 10.4. The van der Waals surface area contributed by atoms with Crippen LogP contribution in [0.5, 0.6) is 11.5 Å². The van der Waals surface area contributed by atoms with Crippen LogP contribution in [0.2, 0.25) is 0 Å². The van der Waals surface area contributed by atoms with Crippen molar-refractivity contribution in [3.63, 3.8) is 0 Å². The maximum atomic E-state index is 12.9. The molecule has 0 radical (unpaired) electrons. The average Bonchev–Trinajstić information content (AvgIpc) is 2.69. The summed E-state index contributed by atoms with van der Waals surface area (Å²) < 4.78 is 48.5. The lowest BCUT2D eigenvalue weighted by atomic mass is 9.94. The minimum Gasteiger partial charge on any atom is -0.457 e. The maximum Gasteiger partial charge on any atom is 0.267 e. The fourth-order valence-electron chi connectivity index (χ4n) is 2.92. The van der Waals surface area contributed by atoms with E-state index in [1.54, 1.807) is 0 Å². The summed E-state index contributed by atoms with van der Waals surface area (Å²) in [7, 11) is -4.19. The molecule has 1 aliphatic rings. The van der Waals surface area contributed by atoms with Gasteiger partial charge in [0, 0.05) is 6.61 Å². The number of hydroxylamine groups is 1. The Morgan fingerprint density at radius 2 is 1.72 bits per heavy atom. The van der Waals surface area contributed by atoms with Crippen molar-refractivity contribution in [2.45, 2.75) is 18.2 Å². The van der Waals surface area contributed by atoms with E-state index in [4.69, 9.17) is 9.47 Å². The predicted molar refractivity (Wildman–Crippen MR) is 100.0 cm³/mol. The Labute approximate surface area is 167 Å². The van der Waals surface area contributed by atoms with Gasteiger partial charge in [0.2, 0.25) is 0 Å². The normalized spacial score (nSPS) is 19.6. The molecule has 2 N–H and O–H groups in total. The number of ether oxygens (including phenoxy) is 2. The number of benzene rings is 2. The number of nitrogens with one attached hydrogen (secondary N) is 1. The fraction of sp³-hybridized carbons (Fsp3) is 0.316. The largest absolute Gasteiger partial charge is 0.457 e. The van der Waals surface area contributed by atoms with Gasteiger partial charge in [0.1, 0.15) is 17.3 Å². The summed E-state index contributed by atoms with van der Waals surface area (Å²) in [5.74, 6) is -0.954. The summed E-state index contributed by atoms with van der Waals surface area (Å²) in [6, 6.07) is 10.7. The van der Waals surface area contributed by atoms with E-state index in [9.17, 15) is 22.8 Å². The quantitative estimate of drug-likeness (QED) is 0.546. The van der Waals surface area contributed by atoms with E-state index < -0.39 is 27.7 Å². The molecule has 10 heteroatoms. The summed E-state index contributed by atoms with van der Waals surface area (Å²) in [5.41, 5.74) is 0. The third kappa shape index (κ3) is 5.51. The molecule has 1 saturated heterocycles. The Balaban J connectivity index is 1.64. The molecule has 156 valence electrons. The van der Waals surface area contributed by atoms with Crippen LogP contribution < -0.4 is 9.57 Å². The second-order valence-corrected chi connectivity index (χ2v) is 8.51. The number of hydrogen-bond donors (Lipinski definition) is 2. The van der Waals surface area contributed by atoms with Crippen LogP contribution in [0.25, 0.3) is 0 Å². The van der Waals surface area contributed by atoms with Gasteiger partial charge in [-0.2, -0.15) is 0 Å². The van der Waals surface area contributed by atoms with Gasteiger partial charge in [0.15, 0.2) is 0 Å². The SMILES string of the molecule is CC1COCC(C(=O)N(O)NS(=O)(=O)c2ccc(Oc3ccc(F)cc3)cc2)C1. The highest BCUT2D eigenvalue weighted by Gasteiger charge is 2.31. The van der Waals surface area contributed by atoms with Crippen LogP contribution in [-0.4, -0.2) is 37.9 Å². The molecule has 3 rings (SSSR count). The second-order valence-electron chi connectivity index (χ2n) is 6.85. The summed E-state index contributed by atoms with van der Waals surface area (Å²) in [6.45, 7) is 2.55. The monoisotopic (exact) mass is 424 g/mol. The third-order valence-electron chi connectivity index (χ3n) is 4.36. The molecule has 2 atom stereocenters. The minimum atomic E-state index is -4.19. The van der Waals surface area contributed by atoms with E-state index in [0.717, 1.165) is 0 Å². The number of halogens is 1. The van der Waals surface area contributed by atoms with Crippen molar-refractivity contribution in [2.24, 2.45) is 11.8 Å². The summed E-state index contributed by atoms with van der Waals surface area (Å²) in [5, 5.41) is 9.90. The Bertz CT molecular complexity index is 950. The number of carbonyl (C=O) groups excluding carboxylic acids is 1. The van der Waals surface area contributed by atoms with E-state index in [-0.39, 0.29) is 22.6 Å². The lowest BCUT2D eigenvalue weighted by Crippen LogP contribution is -2.48. The third-order valence-corrected chi connectivity index (χ3v) is 5.66. The van der Waals surface area contributed by atoms with Gasteiger partial charge in [-0.25, -0.2) is 12.8 Å². The van der Waals surface area contributed by atoms with Crippen LogP contribution in [0.1, 0.15) is 13.3 Å². The second kappa shape index (κ2) is 8.87. The highest BCUT2D eigenvalue weighted by atomic mass is 32.2. The minimum absolute atomic E-state index is 0.00960. The van der Waals surface area contributed by atoms with E-state index in [0.29, 0.717) is 24.5 Å². The summed E-state index contributed by atoms with van der Waals surface area (Å²) >= 11 is 0. The fourth-order valence-corrected chi connectivity index (χ4v) is 3.83. The van der Waals surface area contributed by atoms with Gasteiger partial charge in [0.25, 0.3) is 15.9 Å². The highest BCUT2D eigenvalue weighted by Crippen LogP contribution is 2.24. The molecule has 0 aromatic heterocycles. The smallest absolute Gasteiger partial charge is 0.267 e. The molecule has 2 unspecified atom stereocenters. The molecule has 29 heavy (non-hydrogen) atoms. The van der Waals surface area contributed by atoms with Gasteiger partial charge in [-0.1, -0.05) is 11.8 Å². The van der Waals surface area contributed by atoms with Crippen LogP contribution in [0.4, 0.5) is 4.39 Å². The molecular formula is C19H21FN2O6S. The molecule has 1 heterocycles. The van der Waals surface area contributed by atoms with Gasteiger partial charge in [-0.3, -0.25) is 10.0 Å². The summed E-state index contributed by atoms with van der Waals surface area (Å²) in [4.78, 5) is 13.9. The van der Waals surface area contributed by atoms with Gasteiger partial charge in [-0.15, -0.1) is 5.17 Å². The van der Waals surface area contributed by atoms with Crippen LogP contribution in [0, 0.1) is 17.7 Å². The van der Waals surface area contributed by atoms with E-state index in [1.807, 2.05) is 11.8 Å². The zero-order valence-electron chi connectivity index (χ0n) is 15.6. The van der Waals surface area contributed by atoms with E-state index >= 15 is 0 Å². The summed E-state index contributed by atoms with van der Waals surface area (Å²) in [6.07, 6.45) is 0.493. The van der Waals surface area contributed by atoms with Crippen molar-refractivity contribution in [3.8, 4) is 11.5 Å². The van der Waals surface area contributed by atoms with Crippen molar-refractivity contribution >= 4 is 15.9 Å². The first kappa shape index (κ1) is 21.2. The molecule has 0 aliphatic carbocycles. The predicted octanol–water partition coefficient (Wildman–Crippen LogP) is 2.70. The number of rotatable bonds is 6. The number of nitrogens with zero attached hydrogens (tertiary/aromatic N) is 1. The van der Waals surface area contributed by atoms with Crippen molar-refractivity contribution in [1.82, 2.24) is 10.0 Å². The zero-order valence-corrected chi connectivity index (χ0v) is 16.4. The van der Waals surface area contributed by atoms with Crippen molar-refractivity contribution in [2.75, 3.05) is 13.2 Å². The molecule has 0 saturated carbocycles. The molecule has 1 aliphatic heterocycles. The molecule has 8 nitrogen and oxygen atoms in total. The molecular weight excluding hydrogens is 403 g/mol. The Morgan fingerprint density at radius 3 is 2.31 bits per heavy atom. The topological polar surface area (TPSA) is 105 Å². The molecule has 1 fully saturated rings. The standard InChI is InChI=1S/C19H21FN2O6S/c1-13-10-14(12-27-11-13)19(23)22(24)21-29(25,26)18-8-6-17(7-9-18)28-16-4-2-15(20)3-5-16/h2-9,13-14,21,24H,10-12H2,1H3. The first-order valence-electron chi connectivity index (χ1n) is 8.91. The number of carbonyl (C=O) groups is 1. The molecule has 0 bridgehead atoms. The lowest BCUT2D eigenvalue weighted by Gasteiger charge is -2.28. The van der Waals surface area contributed by atoms with Crippen LogP contribution in [0.3, 0.4) is 0 Å². The highest BCUT2D eigenvalue weighted by molar-refractivity contribution is 7.89. The van der Waals surface area contributed by atoms with Crippen LogP contribution in [-0.2, 0) is 19.6 Å². The number of hydrazine groups is 1. The molecule has 2 aromatic carbocycles. The van der Waals surface area contributed by atoms with Crippen molar-refractivity contribution in [1.29, 1.82) is 0 Å². The van der Waals surface area contributed by atoms with E-state index in [2.05, 4.69) is 0 Å².